The molecular weight excluding hydrogens is 783 g/mol. The molecule has 0 radical (unpaired) electrons. The van der Waals surface area contributed by atoms with Gasteiger partial charge in [0.25, 0.3) is 0 Å². The Labute approximate surface area is 356 Å². The lowest BCUT2D eigenvalue weighted by molar-refractivity contribution is 1.09. The Bertz CT molecular complexity index is 4090. The molecule has 6 heterocycles. The van der Waals surface area contributed by atoms with Crippen LogP contribution < -0.4 is 0 Å². The van der Waals surface area contributed by atoms with E-state index in [4.69, 9.17) is 19.9 Å². The molecule has 9 nitrogen and oxygen atoms in total. The molecule has 0 bridgehead atoms. The third-order valence-corrected chi connectivity index (χ3v) is 13.2. The average molecular weight is 814 g/mol. The van der Waals surface area contributed by atoms with E-state index >= 15 is 0 Å². The summed E-state index contributed by atoms with van der Waals surface area (Å²) in [6.07, 6.45) is 0. The topological polar surface area (TPSA) is 75.2 Å². The minimum absolute atomic E-state index is 0.872. The Morgan fingerprint density at radius 3 is 1.39 bits per heavy atom. The van der Waals surface area contributed by atoms with E-state index in [0.29, 0.717) is 0 Å². The predicted molar refractivity (Wildman–Crippen MR) is 251 cm³/mol. The van der Waals surface area contributed by atoms with Crippen LogP contribution in [-0.2, 0) is 0 Å². The van der Waals surface area contributed by atoms with Crippen LogP contribution in [0.2, 0.25) is 0 Å². The maximum atomic E-state index is 5.33. The second-order valence-corrected chi connectivity index (χ2v) is 16.7. The smallest absolute Gasteiger partial charge is 0.220 e. The van der Waals surface area contributed by atoms with Gasteiger partial charge >= 0.3 is 0 Å². The fraction of sp³-hybridized carbons (Fsp3) is 0. The van der Waals surface area contributed by atoms with E-state index in [1.807, 2.05) is 18.2 Å². The van der Waals surface area contributed by atoms with Gasteiger partial charge < -0.3 is 0 Å². The molecule has 0 unspecified atom stereocenters. The number of rotatable bonds is 5. The summed E-state index contributed by atoms with van der Waals surface area (Å²) in [7, 11) is 0. The molecule has 0 fully saturated rings. The van der Waals surface area contributed by atoms with Gasteiger partial charge in [0.05, 0.1) is 65.4 Å². The molecule has 0 atom stereocenters. The summed E-state index contributed by atoms with van der Waals surface area (Å²) in [4.78, 5) is 20.7. The van der Waals surface area contributed by atoms with Crippen LogP contribution >= 0.6 is 11.3 Å². The molecule has 0 aliphatic heterocycles. The highest BCUT2D eigenvalue weighted by Crippen LogP contribution is 2.38. The van der Waals surface area contributed by atoms with Crippen LogP contribution in [0.4, 0.5) is 0 Å². The SMILES string of the molecule is c1ccc(-n2c(-c3ccc(-n4c5ccccc5n5c6ccccc6nc45)cc3)nc3cc4sc(-c5ccc(-n6c7ccccc7n7c8ccccc8nc67)cc5)nc4cc32)cc1. The van der Waals surface area contributed by atoms with Crippen molar-refractivity contribution in [3.63, 3.8) is 0 Å². The Kier molecular flexibility index (Phi) is 6.80. The first-order valence-corrected chi connectivity index (χ1v) is 21.4. The van der Waals surface area contributed by atoms with E-state index in [0.717, 1.165) is 116 Å². The third-order valence-electron chi connectivity index (χ3n) is 12.1. The number of thiazole rings is 1. The molecule has 0 spiro atoms. The third kappa shape index (κ3) is 4.72. The van der Waals surface area contributed by atoms with Crippen LogP contribution in [0.1, 0.15) is 0 Å². The number of benzene rings is 8. The zero-order chi connectivity index (χ0) is 40.5. The lowest BCUT2D eigenvalue weighted by Crippen LogP contribution is -1.98. The maximum absolute atomic E-state index is 5.33. The quantitative estimate of drug-likeness (QED) is 0.173. The van der Waals surface area contributed by atoms with E-state index in [1.54, 1.807) is 11.3 Å². The molecule has 14 rings (SSSR count). The average Bonchev–Trinajstić information content (AvgIpc) is 4.17. The molecule has 0 aliphatic rings. The highest BCUT2D eigenvalue weighted by molar-refractivity contribution is 7.21. The second kappa shape index (κ2) is 12.6. The van der Waals surface area contributed by atoms with Crippen LogP contribution in [0, 0.1) is 0 Å². The van der Waals surface area contributed by atoms with E-state index < -0.39 is 0 Å². The number of hydrogen-bond acceptors (Lipinski definition) is 5. The van der Waals surface area contributed by atoms with Crippen LogP contribution in [0.5, 0.6) is 0 Å². The van der Waals surface area contributed by atoms with Gasteiger partial charge in [-0.1, -0.05) is 66.7 Å². The normalized spacial score (nSPS) is 12.2. The van der Waals surface area contributed by atoms with Gasteiger partial charge in [0.1, 0.15) is 10.8 Å². The minimum atomic E-state index is 0.872. The number of fused-ring (bicyclic) bond motifs is 12. The van der Waals surface area contributed by atoms with Crippen LogP contribution in [-0.4, -0.2) is 42.4 Å². The highest BCUT2D eigenvalue weighted by atomic mass is 32.1. The van der Waals surface area contributed by atoms with Crippen molar-refractivity contribution in [2.45, 2.75) is 0 Å². The molecule has 0 N–H and O–H groups in total. The van der Waals surface area contributed by atoms with Gasteiger partial charge in [-0.3, -0.25) is 22.5 Å². The molecule has 290 valence electrons. The van der Waals surface area contributed by atoms with Crippen molar-refractivity contribution in [3.8, 4) is 39.0 Å². The van der Waals surface area contributed by atoms with Crippen molar-refractivity contribution < 1.29 is 0 Å². The van der Waals surface area contributed by atoms with E-state index in [2.05, 4.69) is 192 Å². The summed E-state index contributed by atoms with van der Waals surface area (Å²) < 4.78 is 12.3. The minimum Gasteiger partial charge on any atom is -0.292 e. The molecular formula is C52H31N9S. The fourth-order valence-electron chi connectivity index (χ4n) is 9.38. The Hall–Kier alpha value is -8.34. The van der Waals surface area contributed by atoms with E-state index in [9.17, 15) is 0 Å². The van der Waals surface area contributed by atoms with Gasteiger partial charge in [-0.25, -0.2) is 19.9 Å². The molecule has 14 aromatic rings. The number of nitrogens with zero attached hydrogens (tertiary/aromatic N) is 9. The van der Waals surface area contributed by atoms with Crippen molar-refractivity contribution in [1.82, 2.24) is 42.4 Å². The van der Waals surface area contributed by atoms with Gasteiger partial charge in [-0.05, 0) is 121 Å². The predicted octanol–water partition coefficient (Wildman–Crippen LogP) is 12.5. The lowest BCUT2D eigenvalue weighted by Gasteiger charge is -2.11. The maximum Gasteiger partial charge on any atom is 0.220 e. The van der Waals surface area contributed by atoms with Gasteiger partial charge in [0, 0.05) is 28.2 Å². The van der Waals surface area contributed by atoms with Crippen LogP contribution in [0.3, 0.4) is 0 Å². The first-order chi connectivity index (χ1) is 30.7. The van der Waals surface area contributed by atoms with Crippen molar-refractivity contribution in [3.05, 3.63) is 188 Å². The summed E-state index contributed by atoms with van der Waals surface area (Å²) in [5, 5.41) is 0.965. The van der Waals surface area contributed by atoms with Crippen molar-refractivity contribution in [2.75, 3.05) is 0 Å². The van der Waals surface area contributed by atoms with Gasteiger partial charge in [0.2, 0.25) is 11.6 Å². The van der Waals surface area contributed by atoms with Crippen LogP contribution in [0.15, 0.2) is 188 Å². The monoisotopic (exact) mass is 813 g/mol. The zero-order valence-corrected chi connectivity index (χ0v) is 33.6. The number of hydrogen-bond donors (Lipinski definition) is 0. The summed E-state index contributed by atoms with van der Waals surface area (Å²) in [5.41, 5.74) is 16.7. The van der Waals surface area contributed by atoms with Gasteiger partial charge in [-0.15, -0.1) is 11.3 Å². The van der Waals surface area contributed by atoms with Crippen molar-refractivity contribution in [2.24, 2.45) is 0 Å². The number of aromatic nitrogens is 9. The Morgan fingerprint density at radius 1 is 0.323 bits per heavy atom. The van der Waals surface area contributed by atoms with E-state index in [1.165, 1.54) is 0 Å². The highest BCUT2D eigenvalue weighted by Gasteiger charge is 2.21. The molecule has 0 saturated carbocycles. The summed E-state index contributed by atoms with van der Waals surface area (Å²) >= 11 is 1.69. The largest absolute Gasteiger partial charge is 0.292 e. The molecule has 0 aliphatic carbocycles. The fourth-order valence-corrected chi connectivity index (χ4v) is 10.4. The second-order valence-electron chi connectivity index (χ2n) is 15.6. The number of imidazole rings is 5. The lowest BCUT2D eigenvalue weighted by atomic mass is 10.1. The van der Waals surface area contributed by atoms with Gasteiger partial charge in [-0.2, -0.15) is 0 Å². The molecule has 62 heavy (non-hydrogen) atoms. The Balaban J connectivity index is 0.859. The zero-order valence-electron chi connectivity index (χ0n) is 32.8. The number of para-hydroxylation sites is 9. The molecule has 0 amide bonds. The van der Waals surface area contributed by atoms with Crippen molar-refractivity contribution >= 4 is 88.3 Å². The molecule has 10 heteroatoms. The Morgan fingerprint density at radius 2 is 0.806 bits per heavy atom. The first-order valence-electron chi connectivity index (χ1n) is 20.6. The standard InChI is InChI=1S/C52H31N9S/c1-2-12-34(13-3-1)57-47-30-40-48(62-50(54-40)33-24-28-36(29-25-33)59-44-19-9-11-21-46(44)61-42-17-7-5-15-38(42)56-52(59)61)31-39(47)53-49(57)32-22-26-35(27-23-32)58-43-18-8-10-20-45(43)60-41-16-6-4-14-37(41)55-51(58)60/h1-31H. The van der Waals surface area contributed by atoms with Gasteiger partial charge in [0.15, 0.2) is 0 Å². The first kappa shape index (κ1) is 33.5. The van der Waals surface area contributed by atoms with Crippen LogP contribution in [0.25, 0.3) is 116 Å². The molecule has 6 aromatic heterocycles. The van der Waals surface area contributed by atoms with Crippen molar-refractivity contribution in [1.29, 1.82) is 0 Å². The summed E-state index contributed by atoms with van der Waals surface area (Å²) in [6, 6.07) is 65.8. The summed E-state index contributed by atoms with van der Waals surface area (Å²) in [5.74, 6) is 2.66. The molecule has 0 saturated heterocycles. The molecule has 8 aromatic carbocycles. The summed E-state index contributed by atoms with van der Waals surface area (Å²) in [6.45, 7) is 0. The van der Waals surface area contributed by atoms with E-state index in [-0.39, 0.29) is 0 Å².